The molecule has 6 heteroatoms. The minimum absolute atomic E-state index is 0. The summed E-state index contributed by atoms with van der Waals surface area (Å²) in [6.07, 6.45) is 3.21. The van der Waals surface area contributed by atoms with E-state index in [2.05, 4.69) is 17.2 Å². The molecule has 1 rings (SSSR count). The Morgan fingerprint density at radius 2 is 2.00 bits per heavy atom. The molecule has 0 unspecified atom stereocenters. The molecule has 0 spiro atoms. The van der Waals surface area contributed by atoms with Crippen LogP contribution < -0.4 is 11.1 Å². The van der Waals surface area contributed by atoms with Crippen LogP contribution in [-0.2, 0) is 0 Å². The third-order valence-electron chi connectivity index (χ3n) is 2.50. The first-order valence-corrected chi connectivity index (χ1v) is 7.63. The third-order valence-corrected chi connectivity index (χ3v) is 3.60. The first-order chi connectivity index (χ1) is 9.22. The Bertz CT molecular complexity index is 385. The van der Waals surface area contributed by atoms with E-state index in [0.717, 1.165) is 43.0 Å². The normalized spacial score (nSPS) is 11.0. The number of hydrogen-bond donors (Lipinski definition) is 2. The fraction of sp³-hybridized carbons (Fsp3) is 0.500. The number of nitrogens with two attached hydrogens (primary N) is 1. The van der Waals surface area contributed by atoms with Crippen LogP contribution in [0.15, 0.2) is 34.2 Å². The number of guanidine groups is 1. The predicted molar refractivity (Wildman–Crippen MR) is 96.6 cm³/mol. The van der Waals surface area contributed by atoms with E-state index in [9.17, 15) is 4.39 Å². The zero-order chi connectivity index (χ0) is 13.9. The number of benzene rings is 1. The molecule has 0 heterocycles. The summed E-state index contributed by atoms with van der Waals surface area (Å²) in [5, 5.41) is 3.08. The highest BCUT2D eigenvalue weighted by Crippen LogP contribution is 2.18. The van der Waals surface area contributed by atoms with Gasteiger partial charge in [0.2, 0.25) is 0 Å². The molecule has 3 N–H and O–H groups in total. The smallest absolute Gasteiger partial charge is 0.188 e. The Morgan fingerprint density at radius 3 is 2.65 bits per heavy atom. The first-order valence-electron chi connectivity index (χ1n) is 6.64. The van der Waals surface area contributed by atoms with Crippen LogP contribution in [-0.4, -0.2) is 24.8 Å². The summed E-state index contributed by atoms with van der Waals surface area (Å²) >= 11 is 1.71. The van der Waals surface area contributed by atoms with Crippen molar-refractivity contribution in [3.05, 3.63) is 30.1 Å². The van der Waals surface area contributed by atoms with Crippen molar-refractivity contribution in [3.8, 4) is 0 Å². The molecule has 1 aromatic rings. The number of aliphatic imine (C=N–C) groups is 1. The molecule has 0 aromatic heterocycles. The van der Waals surface area contributed by atoms with Gasteiger partial charge in [-0.1, -0.05) is 13.3 Å². The number of unbranched alkanes of at least 4 members (excludes halogenated alkanes) is 1. The molecule has 0 amide bonds. The Kier molecular flexibility index (Phi) is 12.0. The monoisotopic (exact) mass is 411 g/mol. The highest BCUT2D eigenvalue weighted by atomic mass is 127. The van der Waals surface area contributed by atoms with E-state index < -0.39 is 0 Å². The van der Waals surface area contributed by atoms with Crippen LogP contribution in [0.1, 0.15) is 26.2 Å². The van der Waals surface area contributed by atoms with Crippen LogP contribution in [0.25, 0.3) is 0 Å². The van der Waals surface area contributed by atoms with Crippen LogP contribution in [0, 0.1) is 5.82 Å². The zero-order valence-electron chi connectivity index (χ0n) is 11.8. The molecule has 20 heavy (non-hydrogen) atoms. The zero-order valence-corrected chi connectivity index (χ0v) is 14.9. The molecule has 1 aromatic carbocycles. The minimum Gasteiger partial charge on any atom is -0.370 e. The topological polar surface area (TPSA) is 50.4 Å². The number of nitrogens with zero attached hydrogens (tertiary/aromatic N) is 1. The molecular formula is C14H23FIN3S. The van der Waals surface area contributed by atoms with Gasteiger partial charge in [0, 0.05) is 18.0 Å². The number of halogens is 2. The van der Waals surface area contributed by atoms with Crippen molar-refractivity contribution in [2.24, 2.45) is 10.7 Å². The van der Waals surface area contributed by atoms with Crippen molar-refractivity contribution in [1.29, 1.82) is 0 Å². The van der Waals surface area contributed by atoms with E-state index in [0.29, 0.717) is 5.96 Å². The van der Waals surface area contributed by atoms with Gasteiger partial charge in [0.05, 0.1) is 0 Å². The van der Waals surface area contributed by atoms with Gasteiger partial charge in [-0.15, -0.1) is 35.7 Å². The summed E-state index contributed by atoms with van der Waals surface area (Å²) in [6, 6.07) is 6.56. The molecule has 0 aliphatic rings. The van der Waals surface area contributed by atoms with Crippen LogP contribution in [0.2, 0.25) is 0 Å². The largest absolute Gasteiger partial charge is 0.370 e. The van der Waals surface area contributed by atoms with Gasteiger partial charge < -0.3 is 11.1 Å². The van der Waals surface area contributed by atoms with Crippen LogP contribution in [0.3, 0.4) is 0 Å². The average Bonchev–Trinajstić information content (AvgIpc) is 2.41. The highest BCUT2D eigenvalue weighted by Gasteiger charge is 1.95. The first kappa shape index (κ1) is 19.5. The van der Waals surface area contributed by atoms with Crippen molar-refractivity contribution in [2.75, 3.05) is 18.8 Å². The van der Waals surface area contributed by atoms with Crippen molar-refractivity contribution in [1.82, 2.24) is 5.32 Å². The van der Waals surface area contributed by atoms with E-state index in [1.165, 1.54) is 12.1 Å². The summed E-state index contributed by atoms with van der Waals surface area (Å²) in [5.41, 5.74) is 5.71. The molecule has 0 saturated heterocycles. The second kappa shape index (κ2) is 12.3. The van der Waals surface area contributed by atoms with Gasteiger partial charge >= 0.3 is 0 Å². The van der Waals surface area contributed by atoms with Crippen molar-refractivity contribution in [2.45, 2.75) is 31.1 Å². The lowest BCUT2D eigenvalue weighted by atomic mass is 10.3. The van der Waals surface area contributed by atoms with Crippen LogP contribution in [0.5, 0.6) is 0 Å². The molecule has 0 saturated carbocycles. The van der Waals surface area contributed by atoms with E-state index in [1.54, 1.807) is 23.9 Å². The van der Waals surface area contributed by atoms with Gasteiger partial charge in [0.15, 0.2) is 5.96 Å². The van der Waals surface area contributed by atoms with Gasteiger partial charge in [-0.05, 0) is 42.9 Å². The molecule has 3 nitrogen and oxygen atoms in total. The van der Waals surface area contributed by atoms with Crippen molar-refractivity contribution in [3.63, 3.8) is 0 Å². The van der Waals surface area contributed by atoms with Crippen molar-refractivity contribution < 1.29 is 4.39 Å². The lowest BCUT2D eigenvalue weighted by Crippen LogP contribution is -2.32. The Labute approximate surface area is 142 Å². The lowest BCUT2D eigenvalue weighted by molar-refractivity contribution is 0.626. The third kappa shape index (κ3) is 9.41. The second-order valence-electron chi connectivity index (χ2n) is 4.20. The molecule has 0 aliphatic heterocycles. The predicted octanol–water partition coefficient (Wildman–Crippen LogP) is 3.63. The van der Waals surface area contributed by atoms with Gasteiger partial charge in [0.1, 0.15) is 5.82 Å². The van der Waals surface area contributed by atoms with E-state index in [4.69, 9.17) is 5.73 Å². The minimum atomic E-state index is -0.195. The molecule has 0 aliphatic carbocycles. The number of nitrogens with one attached hydrogen (secondary N) is 1. The van der Waals surface area contributed by atoms with Crippen LogP contribution in [0.4, 0.5) is 4.39 Å². The van der Waals surface area contributed by atoms with E-state index in [-0.39, 0.29) is 29.8 Å². The lowest BCUT2D eigenvalue weighted by Gasteiger charge is -2.04. The molecule has 0 atom stereocenters. The second-order valence-corrected chi connectivity index (χ2v) is 5.37. The van der Waals surface area contributed by atoms with Gasteiger partial charge in [-0.25, -0.2) is 4.39 Å². The van der Waals surface area contributed by atoms with Crippen molar-refractivity contribution >= 4 is 41.7 Å². The van der Waals surface area contributed by atoms with E-state index in [1.807, 2.05) is 0 Å². The Hall–Kier alpha value is -0.500. The summed E-state index contributed by atoms with van der Waals surface area (Å²) in [7, 11) is 0. The quantitative estimate of drug-likeness (QED) is 0.226. The Balaban J connectivity index is 0.00000361. The maximum atomic E-state index is 12.7. The number of hydrogen-bond acceptors (Lipinski definition) is 2. The SMILES string of the molecule is CCCCNC(N)=NCCCSc1ccc(F)cc1.I. The maximum absolute atomic E-state index is 12.7. The Morgan fingerprint density at radius 1 is 1.30 bits per heavy atom. The van der Waals surface area contributed by atoms with E-state index >= 15 is 0 Å². The summed E-state index contributed by atoms with van der Waals surface area (Å²) in [6.45, 7) is 3.75. The average molecular weight is 411 g/mol. The standard InChI is InChI=1S/C14H22FN3S.HI/c1-2-3-9-17-14(16)18-10-4-11-19-13-7-5-12(15)6-8-13;/h5-8H,2-4,9-11H2,1H3,(H3,16,17,18);1H. The van der Waals surface area contributed by atoms with Gasteiger partial charge in [-0.2, -0.15) is 0 Å². The molecular weight excluding hydrogens is 388 g/mol. The number of thioether (sulfide) groups is 1. The van der Waals surface area contributed by atoms with Crippen LogP contribution >= 0.6 is 35.7 Å². The van der Waals surface area contributed by atoms with Gasteiger partial charge in [0.25, 0.3) is 0 Å². The summed E-state index contributed by atoms with van der Waals surface area (Å²) in [4.78, 5) is 5.33. The summed E-state index contributed by atoms with van der Waals surface area (Å²) < 4.78 is 12.7. The fourth-order valence-electron chi connectivity index (χ4n) is 1.43. The fourth-order valence-corrected chi connectivity index (χ4v) is 2.27. The molecule has 114 valence electrons. The van der Waals surface area contributed by atoms with Gasteiger partial charge in [-0.3, -0.25) is 4.99 Å². The number of rotatable bonds is 8. The highest BCUT2D eigenvalue weighted by molar-refractivity contribution is 14.0. The summed E-state index contributed by atoms with van der Waals surface area (Å²) in [5.74, 6) is 1.29. The maximum Gasteiger partial charge on any atom is 0.188 e. The molecule has 0 radical (unpaired) electrons. The molecule has 0 fully saturated rings. The molecule has 0 bridgehead atoms.